The van der Waals surface area contributed by atoms with Crippen molar-refractivity contribution >= 4 is 0 Å². The summed E-state index contributed by atoms with van der Waals surface area (Å²) in [4.78, 5) is 2.46. The average molecular weight is 215 g/mol. The van der Waals surface area contributed by atoms with Crippen LogP contribution >= 0.6 is 0 Å². The van der Waals surface area contributed by atoms with E-state index in [0.717, 1.165) is 6.54 Å². The molecule has 94 valence electrons. The second-order valence-corrected chi connectivity index (χ2v) is 4.73. The Morgan fingerprint density at radius 1 is 0.733 bits per heavy atom. The molecule has 0 aliphatic rings. The van der Waals surface area contributed by atoms with Crippen LogP contribution in [0.15, 0.2) is 0 Å². The van der Waals surface area contributed by atoms with E-state index < -0.39 is 0 Å². The van der Waals surface area contributed by atoms with E-state index in [2.05, 4.69) is 53.4 Å². The molecule has 0 aromatic carbocycles. The van der Waals surface area contributed by atoms with Crippen molar-refractivity contribution in [3.05, 3.63) is 0 Å². The quantitative estimate of drug-likeness (QED) is 0.580. The first-order valence-corrected chi connectivity index (χ1v) is 6.76. The van der Waals surface area contributed by atoms with Crippen molar-refractivity contribution in [1.29, 1.82) is 0 Å². The Labute approximate surface area is 98.2 Å². The van der Waals surface area contributed by atoms with Gasteiger partial charge in [0.05, 0.1) is 0 Å². The van der Waals surface area contributed by atoms with Crippen molar-refractivity contribution in [2.45, 2.75) is 86.2 Å². The van der Waals surface area contributed by atoms with Gasteiger partial charge in [-0.25, -0.2) is 0 Å². The summed E-state index contributed by atoms with van der Waals surface area (Å²) in [6, 6.07) is 1.38. The molecule has 0 unspecified atom stereocenters. The summed E-state index contributed by atoms with van der Waals surface area (Å²) in [7, 11) is 0. The zero-order chi connectivity index (χ0) is 12.3. The maximum atomic E-state index is 2.46. The monoisotopic (exact) mass is 215 g/mol. The molecule has 0 aromatic heterocycles. The highest BCUT2D eigenvalue weighted by Crippen LogP contribution is 2.02. The van der Waals surface area contributed by atoms with Crippen LogP contribution in [0.2, 0.25) is 0 Å². The lowest BCUT2D eigenvalue weighted by Crippen LogP contribution is -2.36. The lowest BCUT2D eigenvalue weighted by molar-refractivity contribution is 0.185. The predicted molar refractivity (Wildman–Crippen MR) is 72.5 cm³/mol. The average Bonchev–Trinajstić information content (AvgIpc) is 2.15. The number of nitrogens with zero attached hydrogens (tertiary/aromatic N) is 1. The Morgan fingerprint density at radius 2 is 1.07 bits per heavy atom. The molecule has 0 N–H and O–H groups in total. The second-order valence-electron chi connectivity index (χ2n) is 4.73. The molecule has 0 amide bonds. The number of unbranched alkanes of at least 4 members (excludes halogenated alkanes) is 3. The molecule has 0 heterocycles. The molecule has 0 saturated heterocycles. The number of hydrogen-bond acceptors (Lipinski definition) is 1. The van der Waals surface area contributed by atoms with E-state index >= 15 is 0 Å². The summed E-state index contributed by atoms with van der Waals surface area (Å²) in [5, 5.41) is 0. The Hall–Kier alpha value is -0.0400. The molecule has 0 spiro atoms. The summed E-state index contributed by atoms with van der Waals surface area (Å²) >= 11 is 0. The van der Waals surface area contributed by atoms with Gasteiger partial charge in [-0.3, -0.25) is 4.90 Å². The molecular formula is C14H33N. The molecule has 1 heteroatoms. The SMILES string of the molecule is CCCCCC.CCN(C(C)C)C(C)C. The van der Waals surface area contributed by atoms with Gasteiger partial charge in [0.25, 0.3) is 0 Å². The predicted octanol–water partition coefficient (Wildman–Crippen LogP) is 4.71. The maximum absolute atomic E-state index is 2.46. The van der Waals surface area contributed by atoms with E-state index in [-0.39, 0.29) is 0 Å². The van der Waals surface area contributed by atoms with Crippen LogP contribution in [-0.4, -0.2) is 23.5 Å². The van der Waals surface area contributed by atoms with Gasteiger partial charge in [0.2, 0.25) is 0 Å². The van der Waals surface area contributed by atoms with Crippen LogP contribution in [0.25, 0.3) is 0 Å². The molecule has 0 rings (SSSR count). The zero-order valence-electron chi connectivity index (χ0n) is 12.1. The van der Waals surface area contributed by atoms with Crippen molar-refractivity contribution in [2.24, 2.45) is 0 Å². The maximum Gasteiger partial charge on any atom is 0.00411 e. The molecule has 0 aromatic rings. The highest BCUT2D eigenvalue weighted by Gasteiger charge is 2.08. The van der Waals surface area contributed by atoms with Crippen LogP contribution in [0.5, 0.6) is 0 Å². The second kappa shape index (κ2) is 12.0. The smallest absolute Gasteiger partial charge is 0.00411 e. The van der Waals surface area contributed by atoms with Crippen LogP contribution < -0.4 is 0 Å². The van der Waals surface area contributed by atoms with Crippen LogP contribution in [0.4, 0.5) is 0 Å². The molecule has 0 fully saturated rings. The van der Waals surface area contributed by atoms with Gasteiger partial charge in [-0.2, -0.15) is 0 Å². The Bertz CT molecular complexity index is 95.9. The van der Waals surface area contributed by atoms with Crippen LogP contribution in [0.3, 0.4) is 0 Å². The fourth-order valence-corrected chi connectivity index (χ4v) is 1.83. The minimum Gasteiger partial charge on any atom is -0.299 e. The van der Waals surface area contributed by atoms with E-state index in [1.54, 1.807) is 0 Å². The lowest BCUT2D eigenvalue weighted by atomic mass is 10.2. The fourth-order valence-electron chi connectivity index (χ4n) is 1.83. The molecule has 0 bridgehead atoms. The summed E-state index contributed by atoms with van der Waals surface area (Å²) in [5.74, 6) is 0. The molecule has 15 heavy (non-hydrogen) atoms. The van der Waals surface area contributed by atoms with E-state index in [1.807, 2.05) is 0 Å². The van der Waals surface area contributed by atoms with Gasteiger partial charge in [-0.15, -0.1) is 0 Å². The standard InChI is InChI=1S/C8H19N.C6H14/c1-6-9(7(2)3)8(4)5;1-3-5-6-4-2/h7-8H,6H2,1-5H3;3-6H2,1-2H3. The van der Waals surface area contributed by atoms with E-state index in [9.17, 15) is 0 Å². The Kier molecular flexibility index (Phi) is 13.9. The van der Waals surface area contributed by atoms with E-state index in [0.29, 0.717) is 12.1 Å². The third-order valence-electron chi connectivity index (χ3n) is 2.65. The minimum absolute atomic E-state index is 0.690. The third kappa shape index (κ3) is 11.9. The summed E-state index contributed by atoms with van der Waals surface area (Å²) in [6.07, 6.45) is 5.54. The minimum atomic E-state index is 0.690. The molecule has 0 radical (unpaired) electrons. The molecular weight excluding hydrogens is 182 g/mol. The van der Waals surface area contributed by atoms with Crippen molar-refractivity contribution in [3.63, 3.8) is 0 Å². The summed E-state index contributed by atoms with van der Waals surface area (Å²) in [5.41, 5.74) is 0. The third-order valence-corrected chi connectivity index (χ3v) is 2.65. The van der Waals surface area contributed by atoms with Crippen LogP contribution in [0, 0.1) is 0 Å². The van der Waals surface area contributed by atoms with Gasteiger partial charge in [-0.05, 0) is 34.2 Å². The molecule has 0 saturated carbocycles. The fraction of sp³-hybridized carbons (Fsp3) is 1.00. The highest BCUT2D eigenvalue weighted by molar-refractivity contribution is 4.64. The van der Waals surface area contributed by atoms with Crippen LogP contribution in [-0.2, 0) is 0 Å². The van der Waals surface area contributed by atoms with Gasteiger partial charge in [0.15, 0.2) is 0 Å². The van der Waals surface area contributed by atoms with Crippen molar-refractivity contribution in [2.75, 3.05) is 6.54 Å². The molecule has 0 aliphatic carbocycles. The first-order valence-electron chi connectivity index (χ1n) is 6.76. The highest BCUT2D eigenvalue weighted by atomic mass is 15.2. The molecule has 0 aliphatic heterocycles. The zero-order valence-corrected chi connectivity index (χ0v) is 12.1. The first-order chi connectivity index (χ1) is 7.01. The van der Waals surface area contributed by atoms with Gasteiger partial charge in [0.1, 0.15) is 0 Å². The van der Waals surface area contributed by atoms with Gasteiger partial charge in [0, 0.05) is 12.1 Å². The molecule has 0 atom stereocenters. The van der Waals surface area contributed by atoms with Gasteiger partial charge < -0.3 is 0 Å². The lowest BCUT2D eigenvalue weighted by Gasteiger charge is -2.28. The Balaban J connectivity index is 0. The number of hydrogen-bond donors (Lipinski definition) is 0. The summed E-state index contributed by atoms with van der Waals surface area (Å²) < 4.78 is 0. The first kappa shape index (κ1) is 17.4. The largest absolute Gasteiger partial charge is 0.299 e. The van der Waals surface area contributed by atoms with E-state index in [4.69, 9.17) is 0 Å². The topological polar surface area (TPSA) is 3.24 Å². The Morgan fingerprint density at radius 3 is 1.13 bits per heavy atom. The van der Waals surface area contributed by atoms with Crippen LogP contribution in [0.1, 0.15) is 74.1 Å². The van der Waals surface area contributed by atoms with Gasteiger partial charge in [-0.1, -0.05) is 46.5 Å². The van der Waals surface area contributed by atoms with Gasteiger partial charge >= 0.3 is 0 Å². The van der Waals surface area contributed by atoms with Crippen molar-refractivity contribution < 1.29 is 0 Å². The van der Waals surface area contributed by atoms with Crippen molar-refractivity contribution in [3.8, 4) is 0 Å². The normalized spacial score (nSPS) is 10.8. The molecule has 1 nitrogen and oxygen atoms in total. The van der Waals surface area contributed by atoms with Crippen molar-refractivity contribution in [1.82, 2.24) is 4.90 Å². The number of rotatable bonds is 6. The summed E-state index contributed by atoms with van der Waals surface area (Å²) in [6.45, 7) is 16.8. The van der Waals surface area contributed by atoms with E-state index in [1.165, 1.54) is 25.7 Å².